The number of ether oxygens (including phenoxy) is 3. The Bertz CT molecular complexity index is 667. The van der Waals surface area contributed by atoms with Crippen molar-refractivity contribution in [3.63, 3.8) is 0 Å². The number of likely N-dealkylation sites (tertiary alicyclic amines) is 1. The molecule has 2 heterocycles. The van der Waals surface area contributed by atoms with Gasteiger partial charge in [0.05, 0.1) is 31.8 Å². The maximum Gasteiger partial charge on any atom is 0.409 e. The van der Waals surface area contributed by atoms with Crippen LogP contribution in [-0.4, -0.2) is 56.4 Å². The van der Waals surface area contributed by atoms with E-state index in [4.69, 9.17) is 25.8 Å². The van der Waals surface area contributed by atoms with E-state index in [-0.39, 0.29) is 24.5 Å². The predicted molar refractivity (Wildman–Crippen MR) is 91.3 cm³/mol. The first kappa shape index (κ1) is 17.7. The second-order valence-corrected chi connectivity index (χ2v) is 6.51. The quantitative estimate of drug-likeness (QED) is 0.883. The molecule has 1 unspecified atom stereocenters. The molecular formula is C17H21ClN2O5. The van der Waals surface area contributed by atoms with Gasteiger partial charge in [-0.15, -0.1) is 0 Å². The molecule has 2 amide bonds. The van der Waals surface area contributed by atoms with Crippen LogP contribution in [-0.2, 0) is 16.0 Å². The first-order valence-electron chi connectivity index (χ1n) is 8.27. The van der Waals surface area contributed by atoms with E-state index in [0.29, 0.717) is 49.2 Å². The van der Waals surface area contributed by atoms with Crippen LogP contribution in [0.15, 0.2) is 12.1 Å². The molecule has 1 atom stereocenters. The molecule has 0 spiro atoms. The number of carbonyl (C=O) groups excluding carboxylic acids is 2. The maximum absolute atomic E-state index is 12.3. The van der Waals surface area contributed by atoms with Crippen LogP contribution in [0.5, 0.6) is 11.5 Å². The standard InChI is InChI=1S/C17H21ClN2O5/c1-23-17(22)20-4-3-12(10-20)19-15(21)9-11-7-13(18)16-14(8-11)24-5-2-6-25-16/h7-8,12H,2-6,9-10H2,1H3,(H,19,21). The molecule has 1 N–H and O–H groups in total. The van der Waals surface area contributed by atoms with Crippen LogP contribution in [0, 0.1) is 0 Å². The highest BCUT2D eigenvalue weighted by Crippen LogP contribution is 2.38. The van der Waals surface area contributed by atoms with Gasteiger partial charge in [0, 0.05) is 25.6 Å². The Kier molecular flexibility index (Phi) is 5.53. The topological polar surface area (TPSA) is 77.1 Å². The van der Waals surface area contributed by atoms with E-state index < -0.39 is 0 Å². The Hall–Kier alpha value is -2.15. The third-order valence-corrected chi connectivity index (χ3v) is 4.49. The highest BCUT2D eigenvalue weighted by Gasteiger charge is 2.28. The van der Waals surface area contributed by atoms with Crippen molar-refractivity contribution in [2.24, 2.45) is 0 Å². The SMILES string of the molecule is COC(=O)N1CCC(NC(=O)Cc2cc(Cl)c3c(c2)OCCCO3)C1. The summed E-state index contributed by atoms with van der Waals surface area (Å²) in [7, 11) is 1.35. The summed E-state index contributed by atoms with van der Waals surface area (Å²) in [6, 6.07) is 3.45. The molecule has 1 aromatic carbocycles. The second-order valence-electron chi connectivity index (χ2n) is 6.10. The van der Waals surface area contributed by atoms with Crippen LogP contribution in [0.1, 0.15) is 18.4 Å². The van der Waals surface area contributed by atoms with Crippen LogP contribution in [0.4, 0.5) is 4.79 Å². The first-order chi connectivity index (χ1) is 12.1. The molecule has 1 saturated heterocycles. The molecule has 2 aliphatic rings. The number of rotatable bonds is 3. The largest absolute Gasteiger partial charge is 0.489 e. The fourth-order valence-corrected chi connectivity index (χ4v) is 3.31. The molecule has 1 fully saturated rings. The molecule has 25 heavy (non-hydrogen) atoms. The number of benzene rings is 1. The molecule has 7 nitrogen and oxygen atoms in total. The molecule has 1 aromatic rings. The lowest BCUT2D eigenvalue weighted by molar-refractivity contribution is -0.121. The van der Waals surface area contributed by atoms with Crippen LogP contribution in [0.25, 0.3) is 0 Å². The second kappa shape index (κ2) is 7.82. The number of amides is 2. The van der Waals surface area contributed by atoms with E-state index in [0.717, 1.165) is 12.0 Å². The van der Waals surface area contributed by atoms with Crippen molar-refractivity contribution in [1.82, 2.24) is 10.2 Å². The van der Waals surface area contributed by atoms with Crippen molar-refractivity contribution in [2.45, 2.75) is 25.3 Å². The van der Waals surface area contributed by atoms with Crippen molar-refractivity contribution in [1.29, 1.82) is 0 Å². The van der Waals surface area contributed by atoms with Gasteiger partial charge in [-0.2, -0.15) is 0 Å². The monoisotopic (exact) mass is 368 g/mol. The molecule has 8 heteroatoms. The molecule has 0 bridgehead atoms. The summed E-state index contributed by atoms with van der Waals surface area (Å²) in [4.78, 5) is 25.4. The molecule has 2 aliphatic heterocycles. The molecule has 3 rings (SSSR count). The summed E-state index contributed by atoms with van der Waals surface area (Å²) >= 11 is 6.25. The lowest BCUT2D eigenvalue weighted by Crippen LogP contribution is -2.39. The molecule has 0 saturated carbocycles. The minimum absolute atomic E-state index is 0.0671. The number of nitrogens with one attached hydrogen (secondary N) is 1. The predicted octanol–water partition coefficient (Wildman–Crippen LogP) is 2.00. The fraction of sp³-hybridized carbons (Fsp3) is 0.529. The number of halogens is 1. The lowest BCUT2D eigenvalue weighted by atomic mass is 10.1. The number of carbonyl (C=O) groups is 2. The summed E-state index contributed by atoms with van der Waals surface area (Å²) in [5.74, 6) is 0.987. The van der Waals surface area contributed by atoms with Crippen molar-refractivity contribution in [3.05, 3.63) is 22.7 Å². The van der Waals surface area contributed by atoms with Crippen molar-refractivity contribution >= 4 is 23.6 Å². The number of hydrogen-bond acceptors (Lipinski definition) is 5. The highest BCUT2D eigenvalue weighted by atomic mass is 35.5. The minimum atomic E-state index is -0.369. The minimum Gasteiger partial charge on any atom is -0.489 e. The smallest absolute Gasteiger partial charge is 0.409 e. The van der Waals surface area contributed by atoms with E-state index in [1.165, 1.54) is 7.11 Å². The number of methoxy groups -OCH3 is 1. The van der Waals surface area contributed by atoms with Gasteiger partial charge in [-0.25, -0.2) is 4.79 Å². The fourth-order valence-electron chi connectivity index (χ4n) is 3.02. The van der Waals surface area contributed by atoms with Crippen LogP contribution < -0.4 is 14.8 Å². The Labute approximate surface area is 151 Å². The van der Waals surface area contributed by atoms with Gasteiger partial charge in [0.15, 0.2) is 11.5 Å². The Morgan fingerprint density at radius 1 is 1.36 bits per heavy atom. The Morgan fingerprint density at radius 2 is 2.16 bits per heavy atom. The number of fused-ring (bicyclic) bond motifs is 1. The molecule has 136 valence electrons. The summed E-state index contributed by atoms with van der Waals surface area (Å²) in [5, 5.41) is 3.39. The number of hydrogen-bond donors (Lipinski definition) is 1. The van der Waals surface area contributed by atoms with Gasteiger partial charge in [0.1, 0.15) is 0 Å². The van der Waals surface area contributed by atoms with Gasteiger partial charge in [-0.3, -0.25) is 4.79 Å². The van der Waals surface area contributed by atoms with Gasteiger partial charge in [0.2, 0.25) is 5.91 Å². The zero-order valence-electron chi connectivity index (χ0n) is 14.0. The molecular weight excluding hydrogens is 348 g/mol. The maximum atomic E-state index is 12.3. The molecule has 0 aromatic heterocycles. The van der Waals surface area contributed by atoms with Gasteiger partial charge < -0.3 is 24.4 Å². The summed E-state index contributed by atoms with van der Waals surface area (Å²) < 4.78 is 15.9. The van der Waals surface area contributed by atoms with Crippen LogP contribution >= 0.6 is 11.6 Å². The Balaban J connectivity index is 1.59. The average molecular weight is 369 g/mol. The van der Waals surface area contributed by atoms with E-state index in [9.17, 15) is 9.59 Å². The zero-order valence-corrected chi connectivity index (χ0v) is 14.8. The normalized spacial score (nSPS) is 19.3. The molecule has 0 radical (unpaired) electrons. The average Bonchev–Trinajstić information content (AvgIpc) is 2.90. The van der Waals surface area contributed by atoms with Gasteiger partial charge in [-0.1, -0.05) is 11.6 Å². The van der Waals surface area contributed by atoms with Crippen molar-refractivity contribution in [2.75, 3.05) is 33.4 Å². The van der Waals surface area contributed by atoms with Crippen molar-refractivity contribution < 1.29 is 23.8 Å². The van der Waals surface area contributed by atoms with E-state index in [1.54, 1.807) is 17.0 Å². The van der Waals surface area contributed by atoms with Crippen LogP contribution in [0.3, 0.4) is 0 Å². The van der Waals surface area contributed by atoms with Gasteiger partial charge >= 0.3 is 6.09 Å². The summed E-state index contributed by atoms with van der Waals surface area (Å²) in [6.07, 6.45) is 1.32. The Morgan fingerprint density at radius 3 is 2.96 bits per heavy atom. The van der Waals surface area contributed by atoms with Crippen molar-refractivity contribution in [3.8, 4) is 11.5 Å². The molecule has 0 aliphatic carbocycles. The van der Waals surface area contributed by atoms with E-state index in [2.05, 4.69) is 5.32 Å². The third-order valence-electron chi connectivity index (χ3n) is 4.21. The number of nitrogens with zero attached hydrogens (tertiary/aromatic N) is 1. The summed E-state index contributed by atoms with van der Waals surface area (Å²) in [6.45, 7) is 2.16. The van der Waals surface area contributed by atoms with Gasteiger partial charge in [0.25, 0.3) is 0 Å². The lowest BCUT2D eigenvalue weighted by Gasteiger charge is -2.16. The summed E-state index contributed by atoms with van der Waals surface area (Å²) in [5.41, 5.74) is 0.759. The first-order valence-corrected chi connectivity index (χ1v) is 8.65. The third kappa shape index (κ3) is 4.28. The highest BCUT2D eigenvalue weighted by molar-refractivity contribution is 6.32. The van der Waals surface area contributed by atoms with Gasteiger partial charge in [-0.05, 0) is 24.1 Å². The zero-order chi connectivity index (χ0) is 17.8. The van der Waals surface area contributed by atoms with E-state index in [1.807, 2.05) is 0 Å². The van der Waals surface area contributed by atoms with E-state index >= 15 is 0 Å². The van der Waals surface area contributed by atoms with Crippen LogP contribution in [0.2, 0.25) is 5.02 Å².